The minimum Gasteiger partial charge on any atom is -0.465 e. The molecule has 0 radical (unpaired) electrons. The molecule has 0 saturated carbocycles. The van der Waals surface area contributed by atoms with Crippen molar-refractivity contribution in [3.8, 4) is 0 Å². The molecule has 4 heterocycles. The van der Waals surface area contributed by atoms with Gasteiger partial charge in [0, 0.05) is 43.6 Å². The lowest BCUT2D eigenvalue weighted by atomic mass is 9.97. The molecule has 132 valence electrons. The Bertz CT molecular complexity index is 802. The fourth-order valence-corrected chi connectivity index (χ4v) is 4.17. The number of carbonyl (C=O) groups is 2. The minimum absolute atomic E-state index is 0.0285. The highest BCUT2D eigenvalue weighted by Crippen LogP contribution is 2.31. The Morgan fingerprint density at radius 3 is 3.04 bits per heavy atom. The van der Waals surface area contributed by atoms with Gasteiger partial charge in [-0.3, -0.25) is 4.79 Å². The van der Waals surface area contributed by atoms with Gasteiger partial charge in [-0.1, -0.05) is 6.07 Å². The lowest BCUT2D eigenvalue weighted by Crippen LogP contribution is -2.52. The van der Waals surface area contributed by atoms with Gasteiger partial charge >= 0.3 is 6.09 Å². The zero-order valence-corrected chi connectivity index (χ0v) is 14.0. The number of fused-ring (bicyclic) bond motifs is 2. The number of rotatable bonds is 4. The molecule has 7 nitrogen and oxygen atoms in total. The second kappa shape index (κ2) is 6.38. The Kier molecular flexibility index (Phi) is 4.07. The van der Waals surface area contributed by atoms with E-state index in [1.807, 2.05) is 23.2 Å². The summed E-state index contributed by atoms with van der Waals surface area (Å²) >= 11 is 0. The Hall–Kier alpha value is -2.57. The molecule has 7 heteroatoms. The molecule has 2 aromatic heterocycles. The van der Waals surface area contributed by atoms with Crippen LogP contribution < -0.4 is 0 Å². The van der Waals surface area contributed by atoms with Crippen LogP contribution in [0.5, 0.6) is 0 Å². The van der Waals surface area contributed by atoms with Crippen LogP contribution in [0.1, 0.15) is 25.0 Å². The predicted molar refractivity (Wildman–Crippen MR) is 91.3 cm³/mol. The molecule has 2 fully saturated rings. The zero-order valence-electron chi connectivity index (χ0n) is 14.0. The maximum absolute atomic E-state index is 12.6. The van der Waals surface area contributed by atoms with Crippen molar-refractivity contribution in [2.24, 2.45) is 5.92 Å². The molecular weight excluding hydrogens is 320 g/mol. The van der Waals surface area contributed by atoms with E-state index >= 15 is 0 Å². The number of imidazole rings is 1. The third-order valence-corrected chi connectivity index (χ3v) is 5.44. The molecule has 0 spiro atoms. The Morgan fingerprint density at radius 1 is 1.32 bits per heavy atom. The van der Waals surface area contributed by atoms with Crippen molar-refractivity contribution in [1.82, 2.24) is 19.2 Å². The lowest BCUT2D eigenvalue weighted by molar-refractivity contribution is -0.133. The summed E-state index contributed by atoms with van der Waals surface area (Å²) in [7, 11) is 0. The molecule has 0 bridgehead atoms. The van der Waals surface area contributed by atoms with Gasteiger partial charge in [-0.2, -0.15) is 0 Å². The number of carbonyl (C=O) groups excluding carboxylic acids is 1. The predicted octanol–water partition coefficient (Wildman–Crippen LogP) is 1.87. The number of nitrogens with zero attached hydrogens (tertiary/aromatic N) is 4. The van der Waals surface area contributed by atoms with E-state index in [1.165, 1.54) is 10.6 Å². The average Bonchev–Trinajstić information content (AvgIpc) is 3.20. The zero-order chi connectivity index (χ0) is 17.4. The van der Waals surface area contributed by atoms with Gasteiger partial charge in [0.25, 0.3) is 0 Å². The number of aromatic nitrogens is 2. The first-order valence-corrected chi connectivity index (χ1v) is 8.83. The molecule has 2 aromatic rings. The molecule has 0 aliphatic carbocycles. The second-order valence-electron chi connectivity index (χ2n) is 6.91. The SMILES string of the molecule is O=C(O)N1CCN2C(=O)[C@H](CCCc3cccc4nccn34)C[C@H]2C1. The molecule has 1 N–H and O–H groups in total. The topological polar surface area (TPSA) is 78.2 Å². The van der Waals surface area contributed by atoms with Crippen LogP contribution in [0, 0.1) is 5.92 Å². The van der Waals surface area contributed by atoms with E-state index in [1.54, 1.807) is 6.20 Å². The number of aryl methyl sites for hydroxylation is 1. The lowest BCUT2D eigenvalue weighted by Gasteiger charge is -2.35. The van der Waals surface area contributed by atoms with Gasteiger partial charge in [-0.25, -0.2) is 9.78 Å². The van der Waals surface area contributed by atoms with Crippen LogP contribution >= 0.6 is 0 Å². The standard InChI is InChI=1S/C18H22N4O3/c23-17-13(11-15-12-20(18(24)25)9-10-22(15)17)3-1-4-14-5-2-6-16-19-7-8-21(14)16/h2,5-8,13,15H,1,3-4,9-12H2,(H,24,25)/t13-,15+/m1/s1. The van der Waals surface area contributed by atoms with Crippen LogP contribution in [0.3, 0.4) is 0 Å². The van der Waals surface area contributed by atoms with E-state index in [0.29, 0.717) is 19.6 Å². The number of hydrogen-bond acceptors (Lipinski definition) is 3. The van der Waals surface area contributed by atoms with E-state index in [-0.39, 0.29) is 17.9 Å². The van der Waals surface area contributed by atoms with Crippen LogP contribution in [0.2, 0.25) is 0 Å². The summed E-state index contributed by atoms with van der Waals surface area (Å²) in [5, 5.41) is 9.14. The molecule has 2 atom stereocenters. The number of hydrogen-bond donors (Lipinski definition) is 1. The van der Waals surface area contributed by atoms with E-state index in [0.717, 1.165) is 31.3 Å². The van der Waals surface area contributed by atoms with Crippen molar-refractivity contribution in [3.05, 3.63) is 36.3 Å². The average molecular weight is 342 g/mol. The summed E-state index contributed by atoms with van der Waals surface area (Å²) in [6, 6.07) is 6.15. The van der Waals surface area contributed by atoms with Crippen LogP contribution in [-0.2, 0) is 11.2 Å². The molecule has 2 saturated heterocycles. The Morgan fingerprint density at radius 2 is 2.20 bits per heavy atom. The maximum atomic E-state index is 12.6. The third kappa shape index (κ3) is 2.94. The summed E-state index contributed by atoms with van der Waals surface area (Å²) < 4.78 is 2.09. The molecule has 0 unspecified atom stereocenters. The fraction of sp³-hybridized carbons (Fsp3) is 0.500. The normalized spacial score (nSPS) is 23.3. The fourth-order valence-electron chi connectivity index (χ4n) is 4.17. The number of amides is 2. The number of pyridine rings is 1. The Labute approximate surface area is 145 Å². The molecule has 0 aromatic carbocycles. The molecule has 2 amide bonds. The summed E-state index contributed by atoms with van der Waals surface area (Å²) in [6.45, 7) is 1.40. The first-order chi connectivity index (χ1) is 12.1. The second-order valence-corrected chi connectivity index (χ2v) is 6.91. The van der Waals surface area contributed by atoms with Crippen molar-refractivity contribution in [2.75, 3.05) is 19.6 Å². The van der Waals surface area contributed by atoms with Gasteiger partial charge in [0.15, 0.2) is 0 Å². The van der Waals surface area contributed by atoms with E-state index in [2.05, 4.69) is 15.5 Å². The molecular formula is C18H22N4O3. The summed E-state index contributed by atoms with van der Waals surface area (Å²) in [5.41, 5.74) is 2.15. The van der Waals surface area contributed by atoms with Gasteiger partial charge in [0.05, 0.1) is 6.04 Å². The molecule has 2 aliphatic rings. The van der Waals surface area contributed by atoms with E-state index in [9.17, 15) is 9.59 Å². The highest BCUT2D eigenvalue weighted by Gasteiger charge is 2.42. The molecule has 25 heavy (non-hydrogen) atoms. The molecule has 4 rings (SSSR count). The van der Waals surface area contributed by atoms with Crippen molar-refractivity contribution in [3.63, 3.8) is 0 Å². The van der Waals surface area contributed by atoms with Gasteiger partial charge in [-0.15, -0.1) is 0 Å². The first-order valence-electron chi connectivity index (χ1n) is 8.83. The minimum atomic E-state index is -0.885. The van der Waals surface area contributed by atoms with Gasteiger partial charge in [-0.05, 0) is 37.8 Å². The van der Waals surface area contributed by atoms with Gasteiger partial charge < -0.3 is 19.3 Å². The Balaban J connectivity index is 1.35. The van der Waals surface area contributed by atoms with E-state index < -0.39 is 6.09 Å². The quantitative estimate of drug-likeness (QED) is 0.920. The molecule has 2 aliphatic heterocycles. The van der Waals surface area contributed by atoms with Crippen LogP contribution in [0.25, 0.3) is 5.65 Å². The highest BCUT2D eigenvalue weighted by atomic mass is 16.4. The maximum Gasteiger partial charge on any atom is 0.407 e. The van der Waals surface area contributed by atoms with Crippen LogP contribution in [0.4, 0.5) is 4.79 Å². The number of piperazine rings is 1. The highest BCUT2D eigenvalue weighted by molar-refractivity contribution is 5.82. The largest absolute Gasteiger partial charge is 0.465 e. The summed E-state index contributed by atoms with van der Waals surface area (Å²) in [4.78, 5) is 31.3. The first kappa shape index (κ1) is 15.9. The van der Waals surface area contributed by atoms with Crippen LogP contribution in [-0.4, -0.2) is 62.0 Å². The summed E-state index contributed by atoms with van der Waals surface area (Å²) in [6.07, 6.45) is 6.35. The monoisotopic (exact) mass is 342 g/mol. The van der Waals surface area contributed by atoms with Crippen molar-refractivity contribution < 1.29 is 14.7 Å². The van der Waals surface area contributed by atoms with Crippen LogP contribution in [0.15, 0.2) is 30.6 Å². The van der Waals surface area contributed by atoms with Gasteiger partial charge in [0.2, 0.25) is 5.91 Å². The van der Waals surface area contributed by atoms with Crippen molar-refractivity contribution in [2.45, 2.75) is 31.7 Å². The van der Waals surface area contributed by atoms with E-state index in [4.69, 9.17) is 5.11 Å². The van der Waals surface area contributed by atoms with Crippen molar-refractivity contribution >= 4 is 17.6 Å². The summed E-state index contributed by atoms with van der Waals surface area (Å²) in [5.74, 6) is 0.233. The van der Waals surface area contributed by atoms with Crippen molar-refractivity contribution in [1.29, 1.82) is 0 Å². The van der Waals surface area contributed by atoms with Gasteiger partial charge in [0.1, 0.15) is 5.65 Å². The smallest absolute Gasteiger partial charge is 0.407 e. The number of carboxylic acid groups (broad SMARTS) is 1. The third-order valence-electron chi connectivity index (χ3n) is 5.44.